The molecule has 0 fully saturated rings. The van der Waals surface area contributed by atoms with Gasteiger partial charge in [-0.05, 0) is 0 Å². The van der Waals surface area contributed by atoms with Crippen molar-refractivity contribution in [2.75, 3.05) is 0 Å². The summed E-state index contributed by atoms with van der Waals surface area (Å²) in [5.74, 6) is -3.48. The Morgan fingerprint density at radius 3 is 2.36 bits per heavy atom. The smallest absolute Gasteiger partial charge is 0.284 e. The molecule has 0 atom stereocenters. The van der Waals surface area contributed by atoms with Crippen LogP contribution in [0.5, 0.6) is 0 Å². The van der Waals surface area contributed by atoms with Gasteiger partial charge < -0.3 is 5.73 Å². The Bertz CT molecular complexity index is 181. The Balaban J connectivity index is 4.35. The predicted molar refractivity (Wildman–Crippen MR) is 38.2 cm³/mol. The molecule has 11 heavy (non-hydrogen) atoms. The maximum atomic E-state index is 12.3. The fraction of sp³-hybridized carbons (Fsp3) is 0.571. The molecule has 0 aromatic heterocycles. The van der Waals surface area contributed by atoms with Crippen LogP contribution in [0.2, 0.25) is 0 Å². The number of carbonyl (C=O) groups excluding carboxylic acids is 1. The number of nitrogens with two attached hydrogens (primary N) is 1. The van der Waals surface area contributed by atoms with E-state index in [1.807, 2.05) is 0 Å². The Labute approximate surface area is 64.1 Å². The third-order valence-electron chi connectivity index (χ3n) is 1.17. The van der Waals surface area contributed by atoms with Crippen molar-refractivity contribution in [3.63, 3.8) is 0 Å². The number of ketones is 1. The summed E-state index contributed by atoms with van der Waals surface area (Å²) in [5.41, 5.74) is 4.24. The third kappa shape index (κ3) is 3.70. The molecule has 0 amide bonds. The molecule has 0 aliphatic rings. The van der Waals surface area contributed by atoms with Crippen LogP contribution in [0.4, 0.5) is 8.78 Å². The molecule has 2 N–H and O–H groups in total. The average Bonchev–Trinajstić information content (AvgIpc) is 1.85. The summed E-state index contributed by atoms with van der Waals surface area (Å²) in [6, 6.07) is 0. The molecule has 0 rings (SSSR count). The zero-order valence-electron chi connectivity index (χ0n) is 6.53. The van der Waals surface area contributed by atoms with E-state index < -0.39 is 11.6 Å². The highest BCUT2D eigenvalue weighted by Gasteiger charge is 2.25. The SMILES string of the molecule is CCC(=O)/C=C(\N)C(C)(F)F. The van der Waals surface area contributed by atoms with Gasteiger partial charge in [0, 0.05) is 19.4 Å². The van der Waals surface area contributed by atoms with Crippen LogP contribution in [-0.2, 0) is 4.79 Å². The van der Waals surface area contributed by atoms with Gasteiger partial charge in [-0.25, -0.2) is 8.78 Å². The van der Waals surface area contributed by atoms with Crippen LogP contribution in [0.15, 0.2) is 11.8 Å². The van der Waals surface area contributed by atoms with Gasteiger partial charge in [-0.2, -0.15) is 0 Å². The maximum Gasteiger partial charge on any atom is 0.284 e. The molecule has 0 bridgehead atoms. The highest BCUT2D eigenvalue weighted by Crippen LogP contribution is 2.18. The van der Waals surface area contributed by atoms with E-state index in [-0.39, 0.29) is 12.2 Å². The summed E-state index contributed by atoms with van der Waals surface area (Å²) in [7, 11) is 0. The number of hydrogen-bond acceptors (Lipinski definition) is 2. The Kier molecular flexibility index (Phi) is 3.17. The van der Waals surface area contributed by atoms with Crippen molar-refractivity contribution in [2.45, 2.75) is 26.2 Å². The minimum absolute atomic E-state index is 0.191. The summed E-state index contributed by atoms with van der Waals surface area (Å²) >= 11 is 0. The molecule has 0 spiro atoms. The van der Waals surface area contributed by atoms with Gasteiger partial charge in [0.25, 0.3) is 5.92 Å². The number of alkyl halides is 2. The number of allylic oxidation sites excluding steroid dienone is 2. The van der Waals surface area contributed by atoms with Crippen LogP contribution in [0.25, 0.3) is 0 Å². The van der Waals surface area contributed by atoms with Crippen LogP contribution >= 0.6 is 0 Å². The first-order chi connectivity index (χ1) is 4.88. The first kappa shape index (κ1) is 10.1. The zero-order chi connectivity index (χ0) is 9.07. The largest absolute Gasteiger partial charge is 0.397 e. The van der Waals surface area contributed by atoms with Crippen LogP contribution in [0.1, 0.15) is 20.3 Å². The molecule has 0 aliphatic heterocycles. The molecule has 0 aromatic rings. The fourth-order valence-corrected chi connectivity index (χ4v) is 0.402. The lowest BCUT2D eigenvalue weighted by molar-refractivity contribution is -0.114. The lowest BCUT2D eigenvalue weighted by Gasteiger charge is -2.08. The Morgan fingerprint density at radius 1 is 1.64 bits per heavy atom. The van der Waals surface area contributed by atoms with Crippen LogP contribution in [-0.4, -0.2) is 11.7 Å². The van der Waals surface area contributed by atoms with E-state index in [0.717, 1.165) is 6.08 Å². The van der Waals surface area contributed by atoms with Crippen molar-refractivity contribution in [1.82, 2.24) is 0 Å². The van der Waals surface area contributed by atoms with Gasteiger partial charge >= 0.3 is 0 Å². The summed E-state index contributed by atoms with van der Waals surface area (Å²) < 4.78 is 24.5. The number of halogens is 2. The number of rotatable bonds is 3. The van der Waals surface area contributed by atoms with Crippen molar-refractivity contribution >= 4 is 5.78 Å². The topological polar surface area (TPSA) is 43.1 Å². The van der Waals surface area contributed by atoms with Gasteiger partial charge in [-0.3, -0.25) is 4.79 Å². The molecule has 4 heteroatoms. The van der Waals surface area contributed by atoms with E-state index in [1.54, 1.807) is 6.92 Å². The molecular formula is C7H11F2NO. The van der Waals surface area contributed by atoms with Crippen LogP contribution in [0, 0.1) is 0 Å². The minimum Gasteiger partial charge on any atom is -0.397 e. The van der Waals surface area contributed by atoms with E-state index >= 15 is 0 Å². The number of hydrogen-bond donors (Lipinski definition) is 1. The summed E-state index contributed by atoms with van der Waals surface area (Å²) in [6.45, 7) is 2.24. The van der Waals surface area contributed by atoms with Gasteiger partial charge in [-0.15, -0.1) is 0 Å². The standard InChI is InChI=1S/C7H11F2NO/c1-3-5(11)4-6(10)7(2,8)9/h4H,3,10H2,1-2H3/b6-4-. The zero-order valence-corrected chi connectivity index (χ0v) is 6.53. The van der Waals surface area contributed by atoms with Crippen molar-refractivity contribution in [3.8, 4) is 0 Å². The maximum absolute atomic E-state index is 12.3. The first-order valence-electron chi connectivity index (χ1n) is 3.26. The molecule has 0 radical (unpaired) electrons. The second kappa shape index (κ2) is 3.46. The van der Waals surface area contributed by atoms with E-state index in [0.29, 0.717) is 6.92 Å². The van der Waals surface area contributed by atoms with Gasteiger partial charge in [0.2, 0.25) is 0 Å². The molecule has 0 unspecified atom stereocenters. The summed E-state index contributed by atoms with van der Waals surface area (Å²) in [5, 5.41) is 0. The molecule has 2 nitrogen and oxygen atoms in total. The molecule has 0 saturated carbocycles. The molecule has 0 saturated heterocycles. The molecule has 0 aliphatic carbocycles. The second-order valence-corrected chi connectivity index (χ2v) is 2.31. The van der Waals surface area contributed by atoms with Gasteiger partial charge in [0.15, 0.2) is 5.78 Å². The van der Waals surface area contributed by atoms with Crippen molar-refractivity contribution in [2.24, 2.45) is 5.73 Å². The molecule has 0 heterocycles. The third-order valence-corrected chi connectivity index (χ3v) is 1.17. The van der Waals surface area contributed by atoms with Crippen molar-refractivity contribution in [3.05, 3.63) is 11.8 Å². The van der Waals surface area contributed by atoms with Gasteiger partial charge in [0.1, 0.15) is 0 Å². The summed E-state index contributed by atoms with van der Waals surface area (Å²) in [4.78, 5) is 10.6. The van der Waals surface area contributed by atoms with E-state index in [2.05, 4.69) is 0 Å². The quantitative estimate of drug-likeness (QED) is 0.640. The fourth-order valence-electron chi connectivity index (χ4n) is 0.402. The van der Waals surface area contributed by atoms with Gasteiger partial charge in [-0.1, -0.05) is 6.92 Å². The van der Waals surface area contributed by atoms with E-state index in [1.165, 1.54) is 0 Å². The predicted octanol–water partition coefficient (Wildman–Crippen LogP) is 1.46. The highest BCUT2D eigenvalue weighted by atomic mass is 19.3. The van der Waals surface area contributed by atoms with Crippen LogP contribution in [0.3, 0.4) is 0 Å². The Morgan fingerprint density at radius 2 is 2.09 bits per heavy atom. The molecule has 0 aromatic carbocycles. The van der Waals surface area contributed by atoms with Crippen molar-refractivity contribution < 1.29 is 13.6 Å². The van der Waals surface area contributed by atoms with Crippen molar-refractivity contribution in [1.29, 1.82) is 0 Å². The first-order valence-corrected chi connectivity index (χ1v) is 3.26. The Hall–Kier alpha value is -0.930. The average molecular weight is 163 g/mol. The second-order valence-electron chi connectivity index (χ2n) is 2.31. The lowest BCUT2D eigenvalue weighted by Crippen LogP contribution is -2.21. The molecule has 64 valence electrons. The number of carbonyl (C=O) groups is 1. The summed E-state index contributed by atoms with van der Waals surface area (Å²) in [6.07, 6.45) is 0.969. The monoisotopic (exact) mass is 163 g/mol. The van der Waals surface area contributed by atoms with Gasteiger partial charge in [0.05, 0.1) is 5.70 Å². The van der Waals surface area contributed by atoms with E-state index in [4.69, 9.17) is 5.73 Å². The van der Waals surface area contributed by atoms with E-state index in [9.17, 15) is 13.6 Å². The molecular weight excluding hydrogens is 152 g/mol. The lowest BCUT2D eigenvalue weighted by atomic mass is 10.2. The minimum atomic E-state index is -3.09. The highest BCUT2D eigenvalue weighted by molar-refractivity contribution is 5.90. The van der Waals surface area contributed by atoms with Crippen LogP contribution < -0.4 is 5.73 Å². The normalized spacial score (nSPS) is 13.3.